The topological polar surface area (TPSA) is 54.4 Å². The van der Waals surface area contributed by atoms with Crippen LogP contribution >= 0.6 is 0 Å². The van der Waals surface area contributed by atoms with Crippen LogP contribution in [0.5, 0.6) is 0 Å². The zero-order chi connectivity index (χ0) is 13.6. The number of ketones is 1. The number of unbranched alkanes of at least 4 members (excludes halogenated alkanes) is 2. The second-order valence-corrected chi connectivity index (χ2v) is 4.68. The van der Waals surface area contributed by atoms with Crippen molar-refractivity contribution in [2.45, 2.75) is 44.9 Å². The molecule has 1 unspecified atom stereocenters. The van der Waals surface area contributed by atoms with E-state index in [9.17, 15) is 14.7 Å². The standard InChI is InChI=1S/C15H20O3/c1-3-4-6-11-13(16)15(2,14(17)18)12-9-7-5-8-10-12/h5,7-10H,3-4,6,11H2,1-2H3,(H,17,18). The van der Waals surface area contributed by atoms with Gasteiger partial charge in [0.2, 0.25) is 0 Å². The van der Waals surface area contributed by atoms with Crippen LogP contribution in [0.1, 0.15) is 45.1 Å². The third-order valence-electron chi connectivity index (χ3n) is 3.34. The Labute approximate surface area is 108 Å². The van der Waals surface area contributed by atoms with Crippen LogP contribution in [-0.2, 0) is 15.0 Å². The molecular weight excluding hydrogens is 228 g/mol. The highest BCUT2D eigenvalue weighted by Crippen LogP contribution is 2.27. The number of carboxylic acids is 1. The van der Waals surface area contributed by atoms with E-state index in [2.05, 4.69) is 6.92 Å². The highest BCUT2D eigenvalue weighted by Gasteiger charge is 2.41. The zero-order valence-electron chi connectivity index (χ0n) is 11.0. The van der Waals surface area contributed by atoms with E-state index in [0.29, 0.717) is 12.0 Å². The van der Waals surface area contributed by atoms with Crippen molar-refractivity contribution in [3.63, 3.8) is 0 Å². The molecule has 1 rings (SSSR count). The molecule has 0 fully saturated rings. The number of benzene rings is 1. The second-order valence-electron chi connectivity index (χ2n) is 4.68. The number of carbonyl (C=O) groups is 2. The largest absolute Gasteiger partial charge is 0.480 e. The molecule has 18 heavy (non-hydrogen) atoms. The van der Waals surface area contributed by atoms with Crippen molar-refractivity contribution in [1.82, 2.24) is 0 Å². The molecule has 0 amide bonds. The van der Waals surface area contributed by atoms with E-state index in [4.69, 9.17) is 0 Å². The first-order valence-corrected chi connectivity index (χ1v) is 6.35. The summed E-state index contributed by atoms with van der Waals surface area (Å²) in [5, 5.41) is 9.39. The first kappa shape index (κ1) is 14.4. The van der Waals surface area contributed by atoms with E-state index in [1.807, 2.05) is 6.07 Å². The van der Waals surface area contributed by atoms with Gasteiger partial charge in [-0.25, -0.2) is 0 Å². The van der Waals surface area contributed by atoms with E-state index in [-0.39, 0.29) is 5.78 Å². The Kier molecular flexibility index (Phi) is 5.08. The Morgan fingerprint density at radius 2 is 1.78 bits per heavy atom. The lowest BCUT2D eigenvalue weighted by molar-refractivity contribution is -0.148. The smallest absolute Gasteiger partial charge is 0.321 e. The lowest BCUT2D eigenvalue weighted by Gasteiger charge is -2.23. The summed E-state index contributed by atoms with van der Waals surface area (Å²) in [5.41, 5.74) is -0.867. The fourth-order valence-corrected chi connectivity index (χ4v) is 1.96. The molecule has 3 heteroatoms. The summed E-state index contributed by atoms with van der Waals surface area (Å²) >= 11 is 0. The Balaban J connectivity index is 2.94. The van der Waals surface area contributed by atoms with Gasteiger partial charge in [0.15, 0.2) is 5.78 Å². The molecule has 0 saturated carbocycles. The van der Waals surface area contributed by atoms with E-state index in [1.54, 1.807) is 24.3 Å². The van der Waals surface area contributed by atoms with Crippen molar-refractivity contribution in [3.05, 3.63) is 35.9 Å². The molecule has 1 atom stereocenters. The van der Waals surface area contributed by atoms with Gasteiger partial charge in [0.05, 0.1) is 0 Å². The predicted molar refractivity (Wildman–Crippen MR) is 70.6 cm³/mol. The van der Waals surface area contributed by atoms with Crippen LogP contribution in [-0.4, -0.2) is 16.9 Å². The Bertz CT molecular complexity index is 411. The summed E-state index contributed by atoms with van der Waals surface area (Å²) in [4.78, 5) is 23.7. The molecule has 0 heterocycles. The molecule has 1 N–H and O–H groups in total. The van der Waals surface area contributed by atoms with E-state index in [0.717, 1.165) is 19.3 Å². The first-order chi connectivity index (χ1) is 8.53. The molecule has 3 nitrogen and oxygen atoms in total. The molecule has 1 aromatic carbocycles. The van der Waals surface area contributed by atoms with Crippen LogP contribution in [0.25, 0.3) is 0 Å². The lowest BCUT2D eigenvalue weighted by atomic mass is 9.77. The van der Waals surface area contributed by atoms with Crippen LogP contribution in [0.15, 0.2) is 30.3 Å². The summed E-state index contributed by atoms with van der Waals surface area (Å²) in [6, 6.07) is 8.73. The third-order valence-corrected chi connectivity index (χ3v) is 3.34. The second kappa shape index (κ2) is 6.34. The molecule has 1 aromatic rings. The van der Waals surface area contributed by atoms with Gasteiger partial charge in [-0.2, -0.15) is 0 Å². The highest BCUT2D eigenvalue weighted by atomic mass is 16.4. The van der Waals surface area contributed by atoms with Crippen molar-refractivity contribution >= 4 is 11.8 Å². The molecule has 0 bridgehead atoms. The Morgan fingerprint density at radius 3 is 2.28 bits per heavy atom. The number of rotatable bonds is 7. The summed E-state index contributed by atoms with van der Waals surface area (Å²) in [5.74, 6) is -1.29. The number of aliphatic carboxylic acids is 1. The molecule has 0 spiro atoms. The predicted octanol–water partition coefficient (Wildman–Crippen LogP) is 3.18. The van der Waals surface area contributed by atoms with Crippen molar-refractivity contribution in [3.8, 4) is 0 Å². The average Bonchev–Trinajstić information content (AvgIpc) is 2.38. The summed E-state index contributed by atoms with van der Waals surface area (Å²) < 4.78 is 0. The van der Waals surface area contributed by atoms with Crippen molar-refractivity contribution < 1.29 is 14.7 Å². The van der Waals surface area contributed by atoms with Crippen LogP contribution in [0.2, 0.25) is 0 Å². The number of carboxylic acid groups (broad SMARTS) is 1. The quantitative estimate of drug-likeness (QED) is 0.595. The summed E-state index contributed by atoms with van der Waals surface area (Å²) in [6.07, 6.45) is 3.05. The van der Waals surface area contributed by atoms with Crippen molar-refractivity contribution in [1.29, 1.82) is 0 Å². The number of Topliss-reactive ketones (excluding diaryl/α,β-unsaturated/α-hetero) is 1. The molecule has 0 aliphatic rings. The van der Waals surface area contributed by atoms with Crippen molar-refractivity contribution in [2.24, 2.45) is 0 Å². The zero-order valence-corrected chi connectivity index (χ0v) is 11.0. The van der Waals surface area contributed by atoms with E-state index in [1.165, 1.54) is 6.92 Å². The summed E-state index contributed by atoms with van der Waals surface area (Å²) in [7, 11) is 0. The molecule has 0 saturated heterocycles. The fourth-order valence-electron chi connectivity index (χ4n) is 1.96. The van der Waals surface area contributed by atoms with Crippen LogP contribution in [0.4, 0.5) is 0 Å². The van der Waals surface area contributed by atoms with Crippen LogP contribution in [0.3, 0.4) is 0 Å². The highest BCUT2D eigenvalue weighted by molar-refractivity contribution is 6.08. The van der Waals surface area contributed by atoms with E-state index >= 15 is 0 Å². The molecular formula is C15H20O3. The lowest BCUT2D eigenvalue weighted by Crippen LogP contribution is -2.40. The average molecular weight is 248 g/mol. The third kappa shape index (κ3) is 2.97. The van der Waals surface area contributed by atoms with Gasteiger partial charge in [-0.3, -0.25) is 9.59 Å². The van der Waals surface area contributed by atoms with Gasteiger partial charge < -0.3 is 5.11 Å². The maximum Gasteiger partial charge on any atom is 0.321 e. The number of hydrogen-bond acceptors (Lipinski definition) is 2. The monoisotopic (exact) mass is 248 g/mol. The maximum atomic E-state index is 12.2. The summed E-state index contributed by atoms with van der Waals surface area (Å²) in [6.45, 7) is 3.55. The minimum Gasteiger partial charge on any atom is -0.480 e. The van der Waals surface area contributed by atoms with Gasteiger partial charge in [0.25, 0.3) is 0 Å². The molecule has 0 aliphatic carbocycles. The molecule has 0 aliphatic heterocycles. The van der Waals surface area contributed by atoms with Crippen LogP contribution in [0, 0.1) is 0 Å². The van der Waals surface area contributed by atoms with Crippen molar-refractivity contribution in [2.75, 3.05) is 0 Å². The normalized spacial score (nSPS) is 13.9. The van der Waals surface area contributed by atoms with Gasteiger partial charge in [0, 0.05) is 6.42 Å². The van der Waals surface area contributed by atoms with Gasteiger partial charge in [-0.1, -0.05) is 50.1 Å². The minimum atomic E-state index is -1.42. The van der Waals surface area contributed by atoms with Crippen LogP contribution < -0.4 is 0 Å². The Hall–Kier alpha value is -1.64. The number of hydrogen-bond donors (Lipinski definition) is 1. The first-order valence-electron chi connectivity index (χ1n) is 6.35. The molecule has 0 radical (unpaired) electrons. The minimum absolute atomic E-state index is 0.213. The van der Waals surface area contributed by atoms with Gasteiger partial charge in [-0.05, 0) is 18.9 Å². The number of carbonyl (C=O) groups excluding carboxylic acids is 1. The van der Waals surface area contributed by atoms with Gasteiger partial charge in [-0.15, -0.1) is 0 Å². The van der Waals surface area contributed by atoms with E-state index < -0.39 is 11.4 Å². The van der Waals surface area contributed by atoms with Gasteiger partial charge in [0.1, 0.15) is 5.41 Å². The fraction of sp³-hybridized carbons (Fsp3) is 0.467. The van der Waals surface area contributed by atoms with Gasteiger partial charge >= 0.3 is 5.97 Å². The molecule has 98 valence electrons. The Morgan fingerprint density at radius 1 is 1.17 bits per heavy atom. The molecule has 0 aromatic heterocycles. The SMILES string of the molecule is CCCCCC(=O)C(C)(C(=O)O)c1ccccc1. The maximum absolute atomic E-state index is 12.2.